The van der Waals surface area contributed by atoms with E-state index in [0.717, 1.165) is 33.4 Å². The first kappa shape index (κ1) is 28.8. The number of carbonyl (C=O) groups is 1. The van der Waals surface area contributed by atoms with Crippen molar-refractivity contribution >= 4 is 5.97 Å². The second kappa shape index (κ2) is 12.0. The largest absolute Gasteiger partial charge is 0.460 e. The molecule has 4 heteroatoms. The Hall–Kier alpha value is -3.73. The number of benzene rings is 4. The number of rotatable bonds is 7. The van der Waals surface area contributed by atoms with Gasteiger partial charge in [0.25, 0.3) is 0 Å². The van der Waals surface area contributed by atoms with E-state index in [1.165, 1.54) is 5.56 Å². The molecule has 1 aliphatic rings. The number of likely N-dealkylation sites (N-methyl/N-ethyl adjacent to an activating group) is 1. The highest BCUT2D eigenvalue weighted by Crippen LogP contribution is 2.46. The lowest BCUT2D eigenvalue weighted by Gasteiger charge is -2.30. The van der Waals surface area contributed by atoms with Gasteiger partial charge in [-0.1, -0.05) is 103 Å². The second-order valence-electron chi connectivity index (χ2n) is 12.1. The van der Waals surface area contributed by atoms with E-state index in [1.54, 1.807) is 0 Å². The van der Waals surface area contributed by atoms with Gasteiger partial charge in [0.15, 0.2) is 0 Å². The van der Waals surface area contributed by atoms with Gasteiger partial charge in [0.05, 0.1) is 6.42 Å². The third-order valence-corrected chi connectivity index (χ3v) is 8.04. The van der Waals surface area contributed by atoms with Crippen molar-refractivity contribution in [3.05, 3.63) is 131 Å². The summed E-state index contributed by atoms with van der Waals surface area (Å²) in [6.07, 6.45) is -0.0804. The van der Waals surface area contributed by atoms with Gasteiger partial charge in [0, 0.05) is 12.0 Å². The summed E-state index contributed by atoms with van der Waals surface area (Å²) in [6, 6.07) is 35.8. The average Bonchev–Trinajstić information content (AvgIpc) is 3.25. The van der Waals surface area contributed by atoms with Crippen molar-refractivity contribution < 1.29 is 14.3 Å². The first-order chi connectivity index (χ1) is 19.6. The van der Waals surface area contributed by atoms with Gasteiger partial charge in [-0.3, -0.25) is 9.69 Å². The SMILES string of the molecule is Cc1cccc([C@@H]2O[C@@H](c3ccccc3)[C@H](C)N2C)c1C(CC(=O)OC(C)(C)C)c1ccccc1-c1ccccc1. The third-order valence-electron chi connectivity index (χ3n) is 8.04. The van der Waals surface area contributed by atoms with E-state index < -0.39 is 5.60 Å². The quantitative estimate of drug-likeness (QED) is 0.217. The predicted octanol–water partition coefficient (Wildman–Crippen LogP) is 8.62. The van der Waals surface area contributed by atoms with Crippen molar-refractivity contribution in [2.24, 2.45) is 0 Å². The van der Waals surface area contributed by atoms with Crippen LogP contribution in [0.15, 0.2) is 103 Å². The fourth-order valence-electron chi connectivity index (χ4n) is 6.06. The summed E-state index contributed by atoms with van der Waals surface area (Å²) >= 11 is 0. The molecule has 0 aromatic heterocycles. The van der Waals surface area contributed by atoms with Gasteiger partial charge in [-0.2, -0.15) is 0 Å². The Morgan fingerprint density at radius 1 is 0.878 bits per heavy atom. The molecule has 5 rings (SSSR count). The van der Waals surface area contributed by atoms with E-state index in [1.807, 2.05) is 32.9 Å². The Balaban J connectivity index is 1.64. The van der Waals surface area contributed by atoms with Crippen LogP contribution in [0.25, 0.3) is 11.1 Å². The molecule has 0 bridgehead atoms. The Morgan fingerprint density at radius 2 is 1.51 bits per heavy atom. The first-order valence-corrected chi connectivity index (χ1v) is 14.5. The average molecular weight is 548 g/mol. The zero-order chi connectivity index (χ0) is 29.1. The Morgan fingerprint density at radius 3 is 2.20 bits per heavy atom. The van der Waals surface area contributed by atoms with Crippen LogP contribution in [0.4, 0.5) is 0 Å². The maximum Gasteiger partial charge on any atom is 0.307 e. The summed E-state index contributed by atoms with van der Waals surface area (Å²) in [5, 5.41) is 0. The maximum atomic E-state index is 13.5. The highest BCUT2D eigenvalue weighted by atomic mass is 16.6. The molecule has 41 heavy (non-hydrogen) atoms. The minimum absolute atomic E-state index is 0.0551. The molecule has 1 unspecified atom stereocenters. The van der Waals surface area contributed by atoms with Gasteiger partial charge in [0.2, 0.25) is 0 Å². The van der Waals surface area contributed by atoms with Gasteiger partial charge in [-0.05, 0) is 80.6 Å². The molecule has 0 amide bonds. The molecule has 0 N–H and O–H groups in total. The van der Waals surface area contributed by atoms with Gasteiger partial charge >= 0.3 is 5.97 Å². The van der Waals surface area contributed by atoms with E-state index in [9.17, 15) is 4.79 Å². The highest BCUT2D eigenvalue weighted by molar-refractivity contribution is 5.75. The van der Waals surface area contributed by atoms with Crippen LogP contribution >= 0.6 is 0 Å². The summed E-state index contributed by atoms with van der Waals surface area (Å²) in [4.78, 5) is 15.8. The summed E-state index contributed by atoms with van der Waals surface area (Å²) in [5.74, 6) is -0.434. The molecule has 212 valence electrons. The minimum Gasteiger partial charge on any atom is -0.460 e. The van der Waals surface area contributed by atoms with Crippen LogP contribution in [-0.4, -0.2) is 29.6 Å². The Bertz CT molecular complexity index is 1480. The molecule has 1 aliphatic heterocycles. The molecule has 4 aromatic carbocycles. The predicted molar refractivity (Wildman–Crippen MR) is 166 cm³/mol. The van der Waals surface area contributed by atoms with Gasteiger partial charge < -0.3 is 9.47 Å². The molecular formula is C37H41NO3. The lowest BCUT2D eigenvalue weighted by atomic mass is 9.79. The smallest absolute Gasteiger partial charge is 0.307 e. The number of ether oxygens (including phenoxy) is 2. The summed E-state index contributed by atoms with van der Waals surface area (Å²) in [6.45, 7) is 10.1. The van der Waals surface area contributed by atoms with Gasteiger partial charge in [-0.25, -0.2) is 0 Å². The van der Waals surface area contributed by atoms with Gasteiger partial charge in [-0.15, -0.1) is 0 Å². The number of esters is 1. The third kappa shape index (κ3) is 6.29. The van der Waals surface area contributed by atoms with Gasteiger partial charge in [0.1, 0.15) is 17.9 Å². The molecule has 0 saturated carbocycles. The van der Waals surface area contributed by atoms with Crippen LogP contribution in [0, 0.1) is 6.92 Å². The molecule has 0 spiro atoms. The van der Waals surface area contributed by atoms with Crippen LogP contribution in [0.5, 0.6) is 0 Å². The van der Waals surface area contributed by atoms with Crippen LogP contribution in [0.2, 0.25) is 0 Å². The number of hydrogen-bond acceptors (Lipinski definition) is 4. The molecule has 4 aromatic rings. The van der Waals surface area contributed by atoms with Crippen molar-refractivity contribution in [3.8, 4) is 11.1 Å². The molecule has 1 saturated heterocycles. The molecule has 1 fully saturated rings. The fraction of sp³-hybridized carbons (Fsp3) is 0.324. The summed E-state index contributed by atoms with van der Waals surface area (Å²) < 4.78 is 12.7. The van der Waals surface area contributed by atoms with Crippen LogP contribution < -0.4 is 0 Å². The lowest BCUT2D eigenvalue weighted by molar-refractivity contribution is -0.155. The monoisotopic (exact) mass is 547 g/mol. The maximum absolute atomic E-state index is 13.5. The van der Waals surface area contributed by atoms with E-state index in [4.69, 9.17) is 9.47 Å². The Labute approximate surface area is 244 Å². The van der Waals surface area contributed by atoms with Crippen molar-refractivity contribution in [3.63, 3.8) is 0 Å². The highest BCUT2D eigenvalue weighted by Gasteiger charge is 2.41. The summed E-state index contributed by atoms with van der Waals surface area (Å²) in [7, 11) is 2.13. The number of hydrogen-bond donors (Lipinski definition) is 0. The molecule has 0 radical (unpaired) electrons. The number of nitrogens with zero attached hydrogens (tertiary/aromatic N) is 1. The molecular weight excluding hydrogens is 506 g/mol. The van der Waals surface area contributed by atoms with E-state index in [0.29, 0.717) is 0 Å². The minimum atomic E-state index is -0.567. The molecule has 1 heterocycles. The molecule has 0 aliphatic carbocycles. The van der Waals surface area contributed by atoms with Crippen molar-refractivity contribution in [2.45, 2.75) is 70.9 Å². The normalized spacial score (nSPS) is 20.1. The number of aryl methyl sites for hydroxylation is 1. The van der Waals surface area contributed by atoms with Crippen molar-refractivity contribution in [2.75, 3.05) is 7.05 Å². The Kier molecular flexibility index (Phi) is 8.44. The van der Waals surface area contributed by atoms with E-state index in [2.05, 4.69) is 117 Å². The topological polar surface area (TPSA) is 38.8 Å². The zero-order valence-corrected chi connectivity index (χ0v) is 25.0. The van der Waals surface area contributed by atoms with Crippen molar-refractivity contribution in [1.82, 2.24) is 4.90 Å². The van der Waals surface area contributed by atoms with Crippen LogP contribution in [0.1, 0.15) is 80.2 Å². The zero-order valence-electron chi connectivity index (χ0n) is 25.0. The molecule has 4 atom stereocenters. The van der Waals surface area contributed by atoms with Crippen LogP contribution in [-0.2, 0) is 14.3 Å². The molecule has 4 nitrogen and oxygen atoms in total. The first-order valence-electron chi connectivity index (χ1n) is 14.5. The van der Waals surface area contributed by atoms with E-state index >= 15 is 0 Å². The standard InChI is InChI=1S/C37H41NO3/c1-25-16-15-23-31(36-38(6)26(2)35(40-36)28-19-11-8-12-20-28)34(25)32(24-33(39)41-37(3,4)5)30-22-14-13-21-29(30)27-17-9-7-10-18-27/h7-23,26,32,35-36H,24H2,1-6H3/t26-,32?,35+,36-/m0/s1. The van der Waals surface area contributed by atoms with Crippen molar-refractivity contribution in [1.29, 1.82) is 0 Å². The number of carbonyl (C=O) groups excluding carboxylic acids is 1. The van der Waals surface area contributed by atoms with Crippen LogP contribution in [0.3, 0.4) is 0 Å². The lowest BCUT2D eigenvalue weighted by Crippen LogP contribution is -2.29. The second-order valence-corrected chi connectivity index (χ2v) is 12.1. The fourth-order valence-corrected chi connectivity index (χ4v) is 6.06. The van der Waals surface area contributed by atoms with E-state index in [-0.39, 0.29) is 36.7 Å². The summed E-state index contributed by atoms with van der Waals surface area (Å²) in [5.41, 5.74) is 7.30.